The van der Waals surface area contributed by atoms with Crippen LogP contribution < -0.4 is 10.1 Å². The summed E-state index contributed by atoms with van der Waals surface area (Å²) in [6.07, 6.45) is 0. The Bertz CT molecular complexity index is 897. The first-order valence-electron chi connectivity index (χ1n) is 8.17. The Kier molecular flexibility index (Phi) is 6.31. The average Bonchev–Trinajstić information content (AvgIpc) is 2.62. The van der Waals surface area contributed by atoms with Crippen molar-refractivity contribution in [3.63, 3.8) is 0 Å². The van der Waals surface area contributed by atoms with Gasteiger partial charge in [0.2, 0.25) is 0 Å². The van der Waals surface area contributed by atoms with Gasteiger partial charge in [0.1, 0.15) is 12.4 Å². The molecule has 0 aromatic heterocycles. The molecule has 0 bridgehead atoms. The molecule has 0 amide bonds. The van der Waals surface area contributed by atoms with Gasteiger partial charge in [-0.3, -0.25) is 0 Å². The number of aryl methyl sites for hydroxylation is 1. The van der Waals surface area contributed by atoms with E-state index in [2.05, 4.69) is 5.32 Å². The Hall–Kier alpha value is -1.87. The molecule has 26 heavy (non-hydrogen) atoms. The molecule has 0 aliphatic carbocycles. The number of ether oxygens (including phenoxy) is 1. The van der Waals surface area contributed by atoms with E-state index in [1.807, 2.05) is 61.5 Å². The maximum absolute atomic E-state index is 6.37. The highest BCUT2D eigenvalue weighted by Gasteiger charge is 2.11. The molecule has 0 atom stereocenters. The zero-order valence-electron chi connectivity index (χ0n) is 14.2. The lowest BCUT2D eigenvalue weighted by Crippen LogP contribution is -2.04. The summed E-state index contributed by atoms with van der Waals surface area (Å²) >= 11 is 18.7. The largest absolute Gasteiger partial charge is 0.487 e. The van der Waals surface area contributed by atoms with Crippen LogP contribution in [0.2, 0.25) is 15.1 Å². The molecule has 3 aromatic rings. The van der Waals surface area contributed by atoms with E-state index in [1.165, 1.54) is 0 Å². The molecule has 0 radical (unpaired) electrons. The average molecular weight is 407 g/mol. The maximum atomic E-state index is 6.37. The van der Waals surface area contributed by atoms with E-state index in [4.69, 9.17) is 39.5 Å². The van der Waals surface area contributed by atoms with Crippen molar-refractivity contribution in [1.82, 2.24) is 0 Å². The van der Waals surface area contributed by atoms with Crippen molar-refractivity contribution in [2.24, 2.45) is 0 Å². The number of hydrogen-bond acceptors (Lipinski definition) is 2. The summed E-state index contributed by atoms with van der Waals surface area (Å²) < 4.78 is 5.98. The molecule has 0 heterocycles. The summed E-state index contributed by atoms with van der Waals surface area (Å²) in [6, 6.07) is 19.4. The number of benzene rings is 3. The van der Waals surface area contributed by atoms with Crippen molar-refractivity contribution in [3.05, 3.63) is 92.4 Å². The van der Waals surface area contributed by atoms with Crippen molar-refractivity contribution in [2.45, 2.75) is 20.1 Å². The van der Waals surface area contributed by atoms with Gasteiger partial charge in [-0.25, -0.2) is 0 Å². The standard InChI is InChI=1S/C21H18Cl3NO/c1-14-7-8-18(11-19(14)23)25-12-16-9-17(22)10-20(24)21(16)26-13-15-5-3-2-4-6-15/h2-11,25H,12-13H2,1H3. The number of nitrogens with one attached hydrogen (secondary N) is 1. The minimum absolute atomic E-state index is 0.436. The summed E-state index contributed by atoms with van der Waals surface area (Å²) in [7, 11) is 0. The molecule has 0 saturated heterocycles. The number of hydrogen-bond donors (Lipinski definition) is 1. The zero-order chi connectivity index (χ0) is 18.5. The topological polar surface area (TPSA) is 21.3 Å². The lowest BCUT2D eigenvalue weighted by atomic mass is 10.1. The Balaban J connectivity index is 1.77. The predicted molar refractivity (Wildman–Crippen MR) is 111 cm³/mol. The van der Waals surface area contributed by atoms with Crippen LogP contribution in [-0.2, 0) is 13.2 Å². The van der Waals surface area contributed by atoms with Crippen molar-refractivity contribution in [2.75, 3.05) is 5.32 Å². The van der Waals surface area contributed by atoms with Gasteiger partial charge >= 0.3 is 0 Å². The summed E-state index contributed by atoms with van der Waals surface area (Å²) in [5.74, 6) is 0.630. The number of halogens is 3. The van der Waals surface area contributed by atoms with E-state index in [-0.39, 0.29) is 0 Å². The highest BCUT2D eigenvalue weighted by molar-refractivity contribution is 6.35. The molecule has 3 aromatic carbocycles. The molecule has 1 N–H and O–H groups in total. The Morgan fingerprint density at radius 2 is 1.65 bits per heavy atom. The first kappa shape index (κ1) is 18.9. The monoisotopic (exact) mass is 405 g/mol. The normalized spacial score (nSPS) is 10.6. The minimum Gasteiger partial charge on any atom is -0.487 e. The highest BCUT2D eigenvalue weighted by Crippen LogP contribution is 2.34. The molecular formula is C21H18Cl3NO. The van der Waals surface area contributed by atoms with Crippen molar-refractivity contribution >= 4 is 40.5 Å². The van der Waals surface area contributed by atoms with Crippen molar-refractivity contribution < 1.29 is 4.74 Å². The third-order valence-corrected chi connectivity index (χ3v) is 4.87. The third kappa shape index (κ3) is 4.85. The molecule has 134 valence electrons. The zero-order valence-corrected chi connectivity index (χ0v) is 16.5. The highest BCUT2D eigenvalue weighted by atomic mass is 35.5. The molecule has 0 unspecified atom stereocenters. The first-order valence-corrected chi connectivity index (χ1v) is 9.31. The second kappa shape index (κ2) is 8.68. The van der Waals surface area contributed by atoms with Gasteiger partial charge in [-0.1, -0.05) is 71.2 Å². The van der Waals surface area contributed by atoms with Gasteiger partial charge in [0.05, 0.1) is 5.02 Å². The summed E-state index contributed by atoms with van der Waals surface area (Å²) in [4.78, 5) is 0. The fourth-order valence-electron chi connectivity index (χ4n) is 2.54. The van der Waals surface area contributed by atoms with Gasteiger partial charge in [0, 0.05) is 27.8 Å². The summed E-state index contributed by atoms with van der Waals surface area (Å²) in [5, 5.41) is 5.13. The van der Waals surface area contributed by atoms with Crippen molar-refractivity contribution in [1.29, 1.82) is 0 Å². The lowest BCUT2D eigenvalue weighted by Gasteiger charge is -2.15. The second-order valence-electron chi connectivity index (χ2n) is 5.97. The number of rotatable bonds is 6. The minimum atomic E-state index is 0.436. The summed E-state index contributed by atoms with van der Waals surface area (Å²) in [5.41, 5.74) is 3.92. The van der Waals surface area contributed by atoms with Gasteiger partial charge in [-0.05, 0) is 42.3 Å². The van der Waals surface area contributed by atoms with E-state index in [0.29, 0.717) is 28.9 Å². The molecule has 2 nitrogen and oxygen atoms in total. The van der Waals surface area contributed by atoms with Crippen LogP contribution in [-0.4, -0.2) is 0 Å². The van der Waals surface area contributed by atoms with Gasteiger partial charge in [-0.2, -0.15) is 0 Å². The van der Waals surface area contributed by atoms with E-state index >= 15 is 0 Å². The Morgan fingerprint density at radius 1 is 0.885 bits per heavy atom. The molecule has 0 aliphatic rings. The van der Waals surface area contributed by atoms with E-state index < -0.39 is 0 Å². The van der Waals surface area contributed by atoms with Gasteiger partial charge < -0.3 is 10.1 Å². The summed E-state index contributed by atoms with van der Waals surface area (Å²) in [6.45, 7) is 2.92. The van der Waals surface area contributed by atoms with Crippen LogP contribution in [0.3, 0.4) is 0 Å². The Morgan fingerprint density at radius 3 is 2.38 bits per heavy atom. The SMILES string of the molecule is Cc1ccc(NCc2cc(Cl)cc(Cl)c2OCc2ccccc2)cc1Cl. The molecule has 0 saturated carbocycles. The van der Waals surface area contributed by atoms with E-state index in [0.717, 1.165) is 27.4 Å². The smallest absolute Gasteiger partial charge is 0.143 e. The Labute approximate surface area is 168 Å². The van der Waals surface area contributed by atoms with Crippen LogP contribution in [0.1, 0.15) is 16.7 Å². The molecular weight excluding hydrogens is 389 g/mol. The van der Waals surface area contributed by atoms with Crippen LogP contribution in [0.4, 0.5) is 5.69 Å². The molecule has 0 spiro atoms. The fourth-order valence-corrected chi connectivity index (χ4v) is 3.31. The fraction of sp³-hybridized carbons (Fsp3) is 0.143. The lowest BCUT2D eigenvalue weighted by molar-refractivity contribution is 0.303. The van der Waals surface area contributed by atoms with Gasteiger partial charge in [0.25, 0.3) is 0 Å². The van der Waals surface area contributed by atoms with Crippen LogP contribution in [0.15, 0.2) is 60.7 Å². The number of anilines is 1. The quantitative estimate of drug-likeness (QED) is 0.469. The molecule has 3 rings (SSSR count). The van der Waals surface area contributed by atoms with Crippen LogP contribution in [0.5, 0.6) is 5.75 Å². The predicted octanol–water partition coefficient (Wildman–Crippen LogP) is 7.15. The van der Waals surface area contributed by atoms with E-state index in [9.17, 15) is 0 Å². The van der Waals surface area contributed by atoms with Gasteiger partial charge in [0.15, 0.2) is 0 Å². The second-order valence-corrected chi connectivity index (χ2v) is 7.22. The van der Waals surface area contributed by atoms with E-state index in [1.54, 1.807) is 6.07 Å². The van der Waals surface area contributed by atoms with Crippen LogP contribution in [0.25, 0.3) is 0 Å². The maximum Gasteiger partial charge on any atom is 0.143 e. The van der Waals surface area contributed by atoms with Crippen molar-refractivity contribution in [3.8, 4) is 5.75 Å². The third-order valence-electron chi connectivity index (χ3n) is 3.97. The molecule has 5 heteroatoms. The van der Waals surface area contributed by atoms with Crippen LogP contribution in [0, 0.1) is 6.92 Å². The first-order chi connectivity index (χ1) is 12.5. The van der Waals surface area contributed by atoms with Crippen LogP contribution >= 0.6 is 34.8 Å². The molecule has 0 fully saturated rings. The molecule has 0 aliphatic heterocycles. The van der Waals surface area contributed by atoms with Gasteiger partial charge in [-0.15, -0.1) is 0 Å².